The zero-order valence-corrected chi connectivity index (χ0v) is 17.2. The molecule has 3 aromatic rings. The van der Waals surface area contributed by atoms with Crippen LogP contribution in [0, 0.1) is 6.57 Å². The molecular weight excluding hydrogens is 452 g/mol. The Kier molecular flexibility index (Phi) is 5.61. The van der Waals surface area contributed by atoms with Gasteiger partial charge in [-0.15, -0.1) is 0 Å². The lowest BCUT2D eigenvalue weighted by Crippen LogP contribution is -2.20. The summed E-state index contributed by atoms with van der Waals surface area (Å²) in [7, 11) is -1.74. The summed E-state index contributed by atoms with van der Waals surface area (Å²) in [4.78, 5) is 31.4. The smallest absolute Gasteiger partial charge is 0.202 e. The van der Waals surface area contributed by atoms with Crippen molar-refractivity contribution in [1.82, 2.24) is 4.98 Å². The molecule has 1 atom stereocenters. The maximum atomic E-state index is 13.0. The maximum absolute atomic E-state index is 13.0. The Balaban J connectivity index is 2.24. The van der Waals surface area contributed by atoms with Crippen molar-refractivity contribution in [2.45, 2.75) is 17.7 Å². The summed E-state index contributed by atoms with van der Waals surface area (Å²) in [6.07, 6.45) is 0. The van der Waals surface area contributed by atoms with Gasteiger partial charge in [0, 0.05) is 10.2 Å². The largest absolute Gasteiger partial charge is 0.346 e. The highest BCUT2D eigenvalue weighted by molar-refractivity contribution is 9.10. The van der Waals surface area contributed by atoms with Crippen LogP contribution in [-0.2, 0) is 16.6 Å². The first-order valence-electron chi connectivity index (χ1n) is 7.73. The van der Waals surface area contributed by atoms with Crippen molar-refractivity contribution in [2.24, 2.45) is 0 Å². The summed E-state index contributed by atoms with van der Waals surface area (Å²) in [5, 5.41) is 0.397. The third-order valence-electron chi connectivity index (χ3n) is 4.00. The first kappa shape index (κ1) is 19.5. The van der Waals surface area contributed by atoms with Crippen LogP contribution in [0.2, 0.25) is 5.02 Å². The molecule has 0 fully saturated rings. The predicted molar refractivity (Wildman–Crippen MR) is 110 cm³/mol. The number of ketones is 1. The van der Waals surface area contributed by atoms with Crippen LogP contribution in [0.1, 0.15) is 22.8 Å². The highest BCUT2D eigenvalue weighted by atomic mass is 79.9. The average molecular weight is 464 g/mol. The molecule has 8 heteroatoms. The number of pyridine rings is 1. The first-order valence-corrected chi connectivity index (χ1v) is 10.2. The Morgan fingerprint density at radius 3 is 2.67 bits per heavy atom. The standard InChI is InChI=1S/C19H12BrClN2O3S/c1-10(24)15-18(25)16-13(21)8-7-12(20)17(16)23-19(15)27(26)9-11-5-3-4-6-14(11)22-2/h3-8H,9H2,1H3,(H,23,25). The Hall–Kier alpha value is -2.27. The SMILES string of the molecule is [C-]#[N+]c1ccccc1CS(=O)c1[nH]c2c(Br)ccc(Cl)c2c(=O)c1C(C)=O. The summed E-state index contributed by atoms with van der Waals surface area (Å²) < 4.78 is 13.6. The van der Waals surface area contributed by atoms with Gasteiger partial charge in [0.15, 0.2) is 11.5 Å². The fourth-order valence-corrected chi connectivity index (χ4v) is 4.77. The summed E-state index contributed by atoms with van der Waals surface area (Å²) in [5.74, 6) is -0.505. The second-order valence-electron chi connectivity index (χ2n) is 5.72. The molecule has 0 aliphatic heterocycles. The number of rotatable bonds is 4. The minimum atomic E-state index is -1.74. The predicted octanol–water partition coefficient (Wildman–Crippen LogP) is 5.01. The number of halogens is 2. The second kappa shape index (κ2) is 7.77. The van der Waals surface area contributed by atoms with Gasteiger partial charge < -0.3 is 4.98 Å². The van der Waals surface area contributed by atoms with Crippen molar-refractivity contribution in [1.29, 1.82) is 0 Å². The molecule has 0 aliphatic rings. The van der Waals surface area contributed by atoms with Gasteiger partial charge in [0.1, 0.15) is 5.03 Å². The van der Waals surface area contributed by atoms with Gasteiger partial charge in [0.05, 0.1) is 38.9 Å². The molecule has 0 amide bonds. The van der Waals surface area contributed by atoms with E-state index in [1.54, 1.807) is 36.4 Å². The van der Waals surface area contributed by atoms with Crippen LogP contribution in [0.4, 0.5) is 5.69 Å². The van der Waals surface area contributed by atoms with Crippen LogP contribution in [0.3, 0.4) is 0 Å². The van der Waals surface area contributed by atoms with E-state index in [0.717, 1.165) is 0 Å². The number of hydrogen-bond acceptors (Lipinski definition) is 3. The second-order valence-corrected chi connectivity index (χ2v) is 8.37. The summed E-state index contributed by atoms with van der Waals surface area (Å²) >= 11 is 9.50. The number of aromatic amines is 1. The van der Waals surface area contributed by atoms with E-state index in [4.69, 9.17) is 18.2 Å². The lowest BCUT2D eigenvalue weighted by molar-refractivity contribution is 0.101. The van der Waals surface area contributed by atoms with Crippen molar-refractivity contribution in [2.75, 3.05) is 0 Å². The van der Waals surface area contributed by atoms with Crippen LogP contribution in [-0.4, -0.2) is 15.0 Å². The number of aromatic nitrogens is 1. The molecule has 1 unspecified atom stereocenters. The molecule has 0 saturated heterocycles. The van der Waals surface area contributed by atoms with Crippen LogP contribution >= 0.6 is 27.5 Å². The Morgan fingerprint density at radius 1 is 1.30 bits per heavy atom. The number of Topliss-reactive ketones (excluding diaryl/α,β-unsaturated/α-hetero) is 1. The summed E-state index contributed by atoms with van der Waals surface area (Å²) in [6.45, 7) is 8.48. The monoisotopic (exact) mass is 462 g/mol. The Morgan fingerprint density at radius 2 is 2.00 bits per heavy atom. The van der Waals surface area contributed by atoms with Crippen molar-refractivity contribution in [3.05, 3.63) is 78.7 Å². The molecule has 2 aromatic carbocycles. The third-order valence-corrected chi connectivity index (χ3v) is 6.31. The van der Waals surface area contributed by atoms with Gasteiger partial charge in [-0.1, -0.05) is 35.9 Å². The zero-order chi connectivity index (χ0) is 19.7. The van der Waals surface area contributed by atoms with Gasteiger partial charge in [0.2, 0.25) is 5.43 Å². The Bertz CT molecular complexity index is 1210. The molecule has 3 rings (SSSR count). The van der Waals surface area contributed by atoms with Gasteiger partial charge in [-0.25, -0.2) is 4.85 Å². The van der Waals surface area contributed by atoms with Crippen molar-refractivity contribution < 1.29 is 9.00 Å². The van der Waals surface area contributed by atoms with E-state index in [9.17, 15) is 13.8 Å². The van der Waals surface area contributed by atoms with Crippen LogP contribution in [0.25, 0.3) is 15.7 Å². The van der Waals surface area contributed by atoms with Crippen molar-refractivity contribution >= 4 is 60.7 Å². The lowest BCUT2D eigenvalue weighted by Gasteiger charge is -2.12. The molecule has 1 N–H and O–H groups in total. The normalized spacial score (nSPS) is 11.9. The quantitative estimate of drug-likeness (QED) is 0.437. The van der Waals surface area contributed by atoms with Crippen molar-refractivity contribution in [3.8, 4) is 0 Å². The molecule has 0 radical (unpaired) electrons. The Labute approximate surface area is 170 Å². The van der Waals surface area contributed by atoms with Gasteiger partial charge >= 0.3 is 0 Å². The molecule has 0 spiro atoms. The molecule has 136 valence electrons. The zero-order valence-electron chi connectivity index (χ0n) is 14.0. The molecule has 0 saturated carbocycles. The number of nitrogens with zero attached hydrogens (tertiary/aromatic N) is 1. The van der Waals surface area contributed by atoms with Gasteiger partial charge in [-0.3, -0.25) is 13.8 Å². The van der Waals surface area contributed by atoms with E-state index < -0.39 is 22.0 Å². The van der Waals surface area contributed by atoms with Crippen LogP contribution < -0.4 is 5.43 Å². The van der Waals surface area contributed by atoms with E-state index in [-0.39, 0.29) is 26.8 Å². The number of H-pyrrole nitrogens is 1. The topological polar surface area (TPSA) is 71.4 Å². The number of para-hydroxylation sites is 1. The number of carbonyl (C=O) groups excluding carboxylic acids is 1. The third kappa shape index (κ3) is 3.61. The van der Waals surface area contributed by atoms with Crippen LogP contribution in [0.5, 0.6) is 0 Å². The number of nitrogens with one attached hydrogen (secondary N) is 1. The minimum absolute atomic E-state index is 0.00152. The average Bonchev–Trinajstić information content (AvgIpc) is 2.64. The number of carbonyl (C=O) groups is 1. The van der Waals surface area contributed by atoms with Crippen LogP contribution in [0.15, 0.2) is 50.7 Å². The fraction of sp³-hybridized carbons (Fsp3) is 0.105. The summed E-state index contributed by atoms with van der Waals surface area (Å²) in [5.41, 5.74) is 0.582. The van der Waals surface area contributed by atoms with E-state index in [0.29, 0.717) is 21.2 Å². The lowest BCUT2D eigenvalue weighted by atomic mass is 10.1. The highest BCUT2D eigenvalue weighted by Crippen LogP contribution is 2.29. The molecule has 1 heterocycles. The number of hydrogen-bond donors (Lipinski definition) is 1. The molecule has 1 aromatic heterocycles. The molecule has 5 nitrogen and oxygen atoms in total. The fourth-order valence-electron chi connectivity index (χ4n) is 2.75. The molecule has 0 bridgehead atoms. The van der Waals surface area contributed by atoms with Crippen molar-refractivity contribution in [3.63, 3.8) is 0 Å². The van der Waals surface area contributed by atoms with E-state index >= 15 is 0 Å². The van der Waals surface area contributed by atoms with E-state index in [1.807, 2.05) is 0 Å². The number of benzene rings is 2. The maximum Gasteiger partial charge on any atom is 0.202 e. The number of fused-ring (bicyclic) bond motifs is 1. The van der Waals surface area contributed by atoms with E-state index in [1.165, 1.54) is 6.92 Å². The van der Waals surface area contributed by atoms with Gasteiger partial charge in [0.25, 0.3) is 0 Å². The molecule has 0 aliphatic carbocycles. The minimum Gasteiger partial charge on any atom is -0.346 e. The molecule has 27 heavy (non-hydrogen) atoms. The van der Waals surface area contributed by atoms with E-state index in [2.05, 4.69) is 25.8 Å². The highest BCUT2D eigenvalue weighted by Gasteiger charge is 2.23. The molecular formula is C19H12BrClN2O3S. The van der Waals surface area contributed by atoms with Gasteiger partial charge in [-0.05, 0) is 40.5 Å². The first-order chi connectivity index (χ1) is 12.8. The summed E-state index contributed by atoms with van der Waals surface area (Å²) in [6, 6.07) is 10.0. The van der Waals surface area contributed by atoms with Gasteiger partial charge in [-0.2, -0.15) is 0 Å².